The van der Waals surface area contributed by atoms with Gasteiger partial charge in [0.05, 0.1) is 0 Å². The van der Waals surface area contributed by atoms with E-state index in [1.807, 2.05) is 0 Å². The Hall–Kier alpha value is -0.380. The van der Waals surface area contributed by atoms with Crippen molar-refractivity contribution < 1.29 is 0 Å². The van der Waals surface area contributed by atoms with Crippen molar-refractivity contribution >= 4 is 58.8 Å². The van der Waals surface area contributed by atoms with E-state index < -0.39 is 0 Å². The van der Waals surface area contributed by atoms with Gasteiger partial charge >= 0.3 is 0 Å². The maximum Gasteiger partial charge on any atom is 0.0491 e. The van der Waals surface area contributed by atoms with E-state index in [2.05, 4.69) is 44.9 Å². The van der Waals surface area contributed by atoms with Gasteiger partial charge < -0.3 is 0 Å². The summed E-state index contributed by atoms with van der Waals surface area (Å²) >= 11 is 7.24. The Bertz CT molecular complexity index is 528. The lowest BCUT2D eigenvalue weighted by Gasteiger charge is -1.96. The van der Waals surface area contributed by atoms with Gasteiger partial charge in [-0.05, 0) is 50.3 Å². The maximum atomic E-state index is 3.66. The molecule has 0 atom stereocenters. The maximum absolute atomic E-state index is 3.66. The molecule has 0 fully saturated rings. The first-order chi connectivity index (χ1) is 6.36. The topological polar surface area (TPSA) is 0 Å². The van der Waals surface area contributed by atoms with Crippen molar-refractivity contribution in [3.8, 4) is 0 Å². The summed E-state index contributed by atoms with van der Waals surface area (Å²) in [4.78, 5) is 0. The molecule has 3 rings (SSSR count). The molecule has 3 heteroatoms. The highest BCUT2D eigenvalue weighted by Crippen LogP contribution is 2.37. The fourth-order valence-corrected chi connectivity index (χ4v) is 4.15. The van der Waals surface area contributed by atoms with Crippen LogP contribution < -0.4 is 0 Å². The smallest absolute Gasteiger partial charge is 0.0491 e. The fourth-order valence-electron chi connectivity index (χ4n) is 1.49. The number of hydrogen-bond acceptors (Lipinski definition) is 2. The predicted molar refractivity (Wildman–Crippen MR) is 64.9 cm³/mol. The molecule has 0 unspecified atom stereocenters. The van der Waals surface area contributed by atoms with Crippen LogP contribution in [0.1, 0.15) is 0 Å². The molecule has 0 saturated carbocycles. The summed E-state index contributed by atoms with van der Waals surface area (Å²) in [6.45, 7) is 0. The zero-order valence-electron chi connectivity index (χ0n) is 6.58. The van der Waals surface area contributed by atoms with Crippen molar-refractivity contribution in [2.24, 2.45) is 0 Å². The summed E-state index contributed by atoms with van der Waals surface area (Å²) in [6.07, 6.45) is 0. The van der Waals surface area contributed by atoms with E-state index in [9.17, 15) is 0 Å². The quantitative estimate of drug-likeness (QED) is 0.545. The summed E-state index contributed by atoms with van der Waals surface area (Å²) in [7, 11) is 0. The number of hydrogen-bond donors (Lipinski definition) is 0. The molecule has 0 aliphatic heterocycles. The fraction of sp³-hybridized carbons (Fsp3) is 0. The SMILES string of the molecule is Brc1c2ccsc2cc2ccsc12. The molecule has 2 aromatic heterocycles. The Morgan fingerprint density at radius 2 is 1.92 bits per heavy atom. The van der Waals surface area contributed by atoms with Crippen LogP contribution in [0, 0.1) is 0 Å². The van der Waals surface area contributed by atoms with Crippen LogP contribution >= 0.6 is 38.6 Å². The van der Waals surface area contributed by atoms with Gasteiger partial charge in [0.2, 0.25) is 0 Å². The normalized spacial score (nSPS) is 11.5. The molecule has 1 aromatic carbocycles. The minimum Gasteiger partial charge on any atom is -0.144 e. The minimum absolute atomic E-state index is 1.25. The van der Waals surface area contributed by atoms with E-state index in [-0.39, 0.29) is 0 Å². The summed E-state index contributed by atoms with van der Waals surface area (Å²) < 4.78 is 3.96. The molecule has 0 amide bonds. The largest absolute Gasteiger partial charge is 0.144 e. The van der Waals surface area contributed by atoms with Crippen LogP contribution in [0.4, 0.5) is 0 Å². The summed E-state index contributed by atoms with van der Waals surface area (Å²) in [5.74, 6) is 0. The number of rotatable bonds is 0. The molecule has 64 valence electrons. The predicted octanol–water partition coefficient (Wildman–Crippen LogP) is 4.88. The summed E-state index contributed by atoms with van der Waals surface area (Å²) in [6, 6.07) is 6.60. The lowest BCUT2D eigenvalue weighted by molar-refractivity contribution is 1.97. The molecular formula is C10H5BrS2. The number of halogens is 1. The first-order valence-corrected chi connectivity index (χ1v) is 6.44. The van der Waals surface area contributed by atoms with Crippen LogP contribution in [-0.2, 0) is 0 Å². The molecule has 0 nitrogen and oxygen atoms in total. The molecule has 0 radical (unpaired) electrons. The van der Waals surface area contributed by atoms with Crippen LogP contribution in [0.3, 0.4) is 0 Å². The van der Waals surface area contributed by atoms with Crippen molar-refractivity contribution in [3.05, 3.63) is 33.4 Å². The van der Waals surface area contributed by atoms with Crippen LogP contribution in [-0.4, -0.2) is 0 Å². The molecule has 0 aliphatic carbocycles. The highest BCUT2D eigenvalue weighted by Gasteiger charge is 2.06. The van der Waals surface area contributed by atoms with Crippen molar-refractivity contribution in [2.75, 3.05) is 0 Å². The molecule has 0 N–H and O–H groups in total. The van der Waals surface area contributed by atoms with E-state index in [0.717, 1.165) is 0 Å². The van der Waals surface area contributed by atoms with Gasteiger partial charge in [-0.3, -0.25) is 0 Å². The molecule has 0 saturated heterocycles. The van der Waals surface area contributed by atoms with Gasteiger partial charge in [-0.25, -0.2) is 0 Å². The van der Waals surface area contributed by atoms with E-state index in [1.54, 1.807) is 22.7 Å². The van der Waals surface area contributed by atoms with E-state index in [0.29, 0.717) is 0 Å². The summed E-state index contributed by atoms with van der Waals surface area (Å²) in [5.41, 5.74) is 0. The minimum atomic E-state index is 1.25. The zero-order valence-corrected chi connectivity index (χ0v) is 9.80. The molecule has 0 aliphatic rings. The van der Waals surface area contributed by atoms with Crippen molar-refractivity contribution in [1.29, 1.82) is 0 Å². The van der Waals surface area contributed by atoms with Crippen LogP contribution in [0.15, 0.2) is 33.4 Å². The Morgan fingerprint density at radius 1 is 1.08 bits per heavy atom. The standard InChI is InChI=1S/C10H5BrS2/c11-9-7-2-4-12-8(7)5-6-1-3-13-10(6)9/h1-5H. The van der Waals surface area contributed by atoms with Crippen LogP contribution in [0.25, 0.3) is 20.2 Å². The van der Waals surface area contributed by atoms with Gasteiger partial charge in [-0.2, -0.15) is 0 Å². The first-order valence-electron chi connectivity index (χ1n) is 3.89. The zero-order chi connectivity index (χ0) is 8.84. The highest BCUT2D eigenvalue weighted by molar-refractivity contribution is 9.11. The van der Waals surface area contributed by atoms with Gasteiger partial charge in [0.25, 0.3) is 0 Å². The Morgan fingerprint density at radius 3 is 2.85 bits per heavy atom. The molecule has 0 spiro atoms. The lowest BCUT2D eigenvalue weighted by atomic mass is 10.2. The molecular weight excluding hydrogens is 264 g/mol. The average Bonchev–Trinajstić information content (AvgIpc) is 2.71. The van der Waals surface area contributed by atoms with E-state index in [4.69, 9.17) is 0 Å². The van der Waals surface area contributed by atoms with Crippen molar-refractivity contribution in [1.82, 2.24) is 0 Å². The van der Waals surface area contributed by atoms with Crippen molar-refractivity contribution in [3.63, 3.8) is 0 Å². The summed E-state index contributed by atoms with van der Waals surface area (Å²) in [5, 5.41) is 6.95. The highest BCUT2D eigenvalue weighted by atomic mass is 79.9. The van der Waals surface area contributed by atoms with Crippen LogP contribution in [0.2, 0.25) is 0 Å². The molecule has 13 heavy (non-hydrogen) atoms. The third kappa shape index (κ3) is 1.08. The van der Waals surface area contributed by atoms with Crippen molar-refractivity contribution in [2.45, 2.75) is 0 Å². The van der Waals surface area contributed by atoms with Crippen LogP contribution in [0.5, 0.6) is 0 Å². The number of fused-ring (bicyclic) bond motifs is 2. The Labute approximate surface area is 91.9 Å². The van der Waals surface area contributed by atoms with E-state index in [1.165, 1.54) is 24.6 Å². The third-order valence-corrected chi connectivity index (χ3v) is 5.01. The number of benzene rings is 1. The van der Waals surface area contributed by atoms with Gasteiger partial charge in [0.15, 0.2) is 0 Å². The van der Waals surface area contributed by atoms with Gasteiger partial charge in [-0.15, -0.1) is 22.7 Å². The average molecular weight is 269 g/mol. The Balaban J connectivity index is 2.67. The first kappa shape index (κ1) is 7.97. The Kier molecular flexibility index (Phi) is 1.72. The second-order valence-electron chi connectivity index (χ2n) is 2.86. The number of thiophene rings is 2. The lowest BCUT2D eigenvalue weighted by Crippen LogP contribution is -1.67. The van der Waals surface area contributed by atoms with E-state index >= 15 is 0 Å². The second-order valence-corrected chi connectivity index (χ2v) is 5.52. The molecule has 3 aromatic rings. The second kappa shape index (κ2) is 2.80. The van der Waals surface area contributed by atoms with Gasteiger partial charge in [0, 0.05) is 19.3 Å². The van der Waals surface area contributed by atoms with Gasteiger partial charge in [-0.1, -0.05) is 0 Å². The van der Waals surface area contributed by atoms with Gasteiger partial charge in [0.1, 0.15) is 0 Å². The monoisotopic (exact) mass is 268 g/mol. The third-order valence-electron chi connectivity index (χ3n) is 2.11. The molecule has 2 heterocycles. The molecule has 0 bridgehead atoms.